The number of piperidine rings is 1. The number of hydrogen-bond acceptors (Lipinski definition) is 3. The number of hydrogen-bond donors (Lipinski definition) is 0. The van der Waals surface area contributed by atoms with Crippen molar-refractivity contribution in [1.29, 1.82) is 0 Å². The van der Waals surface area contributed by atoms with Gasteiger partial charge < -0.3 is 14.5 Å². The van der Waals surface area contributed by atoms with Gasteiger partial charge in [0.15, 0.2) is 0 Å². The van der Waals surface area contributed by atoms with Gasteiger partial charge in [-0.25, -0.2) is 0 Å². The fourth-order valence-corrected chi connectivity index (χ4v) is 3.78. The van der Waals surface area contributed by atoms with Crippen molar-refractivity contribution in [2.24, 2.45) is 5.92 Å². The molecule has 0 aromatic rings. The summed E-state index contributed by atoms with van der Waals surface area (Å²) in [6.07, 6.45) is 18.5. The Labute approximate surface area is 187 Å². The highest BCUT2D eigenvalue weighted by molar-refractivity contribution is 5.21. The summed E-state index contributed by atoms with van der Waals surface area (Å²) in [6.45, 7) is 24.8. The quantitative estimate of drug-likeness (QED) is 0.409. The molecule has 2 aliphatic rings. The number of ether oxygens (including phenoxy) is 1. The average molecular weight is 415 g/mol. The fraction of sp³-hybridized carbons (Fsp3) is 0.556. The molecule has 3 heteroatoms. The Morgan fingerprint density at radius 1 is 1.07 bits per heavy atom. The van der Waals surface area contributed by atoms with Crippen LogP contribution in [0.2, 0.25) is 0 Å². The normalized spacial score (nSPS) is 22.7. The van der Waals surface area contributed by atoms with Crippen LogP contribution in [0, 0.1) is 5.92 Å². The van der Waals surface area contributed by atoms with Crippen LogP contribution in [0.3, 0.4) is 0 Å². The summed E-state index contributed by atoms with van der Waals surface area (Å²) in [7, 11) is 0. The third kappa shape index (κ3) is 9.77. The molecule has 2 aliphatic heterocycles. The van der Waals surface area contributed by atoms with E-state index in [1.807, 2.05) is 52.0 Å². The first kappa shape index (κ1) is 28.2. The second kappa shape index (κ2) is 18.0. The third-order valence-electron chi connectivity index (χ3n) is 5.22. The first-order valence-corrected chi connectivity index (χ1v) is 11.7. The van der Waals surface area contributed by atoms with E-state index in [2.05, 4.69) is 61.1 Å². The summed E-state index contributed by atoms with van der Waals surface area (Å²) < 4.78 is 5.92. The van der Waals surface area contributed by atoms with Gasteiger partial charge in [0.05, 0.1) is 6.61 Å². The van der Waals surface area contributed by atoms with Crippen molar-refractivity contribution in [2.45, 2.75) is 60.4 Å². The number of allylic oxidation sites excluding steroid dienone is 8. The van der Waals surface area contributed by atoms with Crippen molar-refractivity contribution in [3.8, 4) is 0 Å². The lowest BCUT2D eigenvalue weighted by Crippen LogP contribution is -2.55. The molecule has 30 heavy (non-hydrogen) atoms. The Morgan fingerprint density at radius 3 is 2.40 bits per heavy atom. The van der Waals surface area contributed by atoms with E-state index in [4.69, 9.17) is 4.74 Å². The largest absolute Gasteiger partial charge is 0.361 e. The van der Waals surface area contributed by atoms with Crippen LogP contribution in [0.25, 0.3) is 0 Å². The summed E-state index contributed by atoms with van der Waals surface area (Å²) in [4.78, 5) is 5.02. The molecule has 2 heterocycles. The Kier molecular flexibility index (Phi) is 16.9. The van der Waals surface area contributed by atoms with Crippen LogP contribution in [0.15, 0.2) is 73.0 Å². The number of fused-ring (bicyclic) bond motifs is 1. The molecule has 0 aromatic heterocycles. The molecular weight excluding hydrogens is 368 g/mol. The molecule has 2 fully saturated rings. The molecule has 0 N–H and O–H groups in total. The lowest BCUT2D eigenvalue weighted by Gasteiger charge is -2.48. The average Bonchev–Trinajstić information content (AvgIpc) is 2.81. The zero-order chi connectivity index (χ0) is 22.8. The molecule has 2 atom stereocenters. The van der Waals surface area contributed by atoms with Crippen LogP contribution in [-0.2, 0) is 4.74 Å². The lowest BCUT2D eigenvalue weighted by atomic mass is 9.89. The zero-order valence-electron chi connectivity index (χ0n) is 20.4. The number of likely N-dealkylation sites (tertiary alicyclic amines) is 1. The summed E-state index contributed by atoms with van der Waals surface area (Å²) in [5, 5.41) is 0. The predicted molar refractivity (Wildman–Crippen MR) is 134 cm³/mol. The van der Waals surface area contributed by atoms with Crippen molar-refractivity contribution in [1.82, 2.24) is 9.80 Å². The van der Waals surface area contributed by atoms with Crippen LogP contribution in [0.1, 0.15) is 54.4 Å². The van der Waals surface area contributed by atoms with Gasteiger partial charge in [0, 0.05) is 37.3 Å². The van der Waals surface area contributed by atoms with Gasteiger partial charge >= 0.3 is 0 Å². The maximum absolute atomic E-state index is 5.92. The Balaban J connectivity index is 0.00000198. The number of rotatable bonds is 8. The van der Waals surface area contributed by atoms with E-state index in [0.717, 1.165) is 32.7 Å². The maximum atomic E-state index is 5.92. The predicted octanol–water partition coefficient (Wildman–Crippen LogP) is 6.74. The molecule has 2 rings (SSSR count). The molecule has 3 nitrogen and oxygen atoms in total. The minimum atomic E-state index is 0.577. The molecule has 0 saturated carbocycles. The van der Waals surface area contributed by atoms with E-state index in [-0.39, 0.29) is 0 Å². The second-order valence-corrected chi connectivity index (χ2v) is 7.08. The van der Waals surface area contributed by atoms with E-state index in [1.54, 1.807) is 0 Å². The Hall–Kier alpha value is -1.84. The fourth-order valence-electron chi connectivity index (χ4n) is 3.78. The summed E-state index contributed by atoms with van der Waals surface area (Å²) in [6, 6.07) is 0.577. The van der Waals surface area contributed by atoms with Crippen molar-refractivity contribution < 1.29 is 4.74 Å². The van der Waals surface area contributed by atoms with Gasteiger partial charge in [0.2, 0.25) is 0 Å². The van der Waals surface area contributed by atoms with Crippen molar-refractivity contribution in [3.63, 3.8) is 0 Å². The van der Waals surface area contributed by atoms with Crippen molar-refractivity contribution >= 4 is 0 Å². The minimum Gasteiger partial charge on any atom is -0.361 e. The van der Waals surface area contributed by atoms with Crippen LogP contribution in [-0.4, -0.2) is 48.8 Å². The van der Waals surface area contributed by atoms with Gasteiger partial charge in [0.1, 0.15) is 6.73 Å². The molecular formula is C27H46N2O. The molecule has 0 radical (unpaired) electrons. The molecule has 0 aliphatic carbocycles. The molecule has 2 unspecified atom stereocenters. The van der Waals surface area contributed by atoms with Gasteiger partial charge in [-0.3, -0.25) is 0 Å². The van der Waals surface area contributed by atoms with Gasteiger partial charge in [0.25, 0.3) is 0 Å². The Morgan fingerprint density at radius 2 is 1.77 bits per heavy atom. The minimum absolute atomic E-state index is 0.577. The smallest absolute Gasteiger partial charge is 0.119 e. The highest BCUT2D eigenvalue weighted by atomic mass is 16.5. The monoisotopic (exact) mass is 414 g/mol. The number of nitrogens with zero attached hydrogens (tertiary/aromatic N) is 2. The van der Waals surface area contributed by atoms with Crippen LogP contribution >= 0.6 is 0 Å². The van der Waals surface area contributed by atoms with E-state index in [1.165, 1.54) is 17.7 Å². The molecule has 170 valence electrons. The highest BCUT2D eigenvalue weighted by Gasteiger charge is 2.36. The molecule has 2 saturated heterocycles. The van der Waals surface area contributed by atoms with Crippen LogP contribution in [0.4, 0.5) is 0 Å². The van der Waals surface area contributed by atoms with Gasteiger partial charge in [-0.15, -0.1) is 0 Å². The van der Waals surface area contributed by atoms with E-state index < -0.39 is 0 Å². The third-order valence-corrected chi connectivity index (χ3v) is 5.22. The van der Waals surface area contributed by atoms with Gasteiger partial charge in [-0.05, 0) is 32.8 Å². The maximum Gasteiger partial charge on any atom is 0.119 e. The van der Waals surface area contributed by atoms with Gasteiger partial charge in [-0.1, -0.05) is 89.0 Å². The SMILES string of the molecule is C=C/C=C\C=C(/C)CCN1CCC2C(COCN2C(/C=C\C=C)=C/C)C1.CC.CC. The summed E-state index contributed by atoms with van der Waals surface area (Å²) >= 11 is 0. The molecule has 0 bridgehead atoms. The van der Waals surface area contributed by atoms with Crippen LogP contribution < -0.4 is 0 Å². The molecule has 0 amide bonds. The summed E-state index contributed by atoms with van der Waals surface area (Å²) in [5.41, 5.74) is 2.65. The van der Waals surface area contributed by atoms with Crippen molar-refractivity contribution in [3.05, 3.63) is 73.0 Å². The van der Waals surface area contributed by atoms with Crippen LogP contribution in [0.5, 0.6) is 0 Å². The first-order chi connectivity index (χ1) is 14.7. The topological polar surface area (TPSA) is 15.7 Å². The highest BCUT2D eigenvalue weighted by Crippen LogP contribution is 2.30. The van der Waals surface area contributed by atoms with E-state index in [0.29, 0.717) is 18.7 Å². The second-order valence-electron chi connectivity index (χ2n) is 7.08. The van der Waals surface area contributed by atoms with E-state index in [9.17, 15) is 0 Å². The first-order valence-electron chi connectivity index (χ1n) is 11.7. The van der Waals surface area contributed by atoms with Gasteiger partial charge in [-0.2, -0.15) is 0 Å². The Bertz CT molecular complexity index is 586. The molecule has 0 aromatic carbocycles. The zero-order valence-corrected chi connectivity index (χ0v) is 20.4. The lowest BCUT2D eigenvalue weighted by molar-refractivity contribution is -0.0896. The van der Waals surface area contributed by atoms with Crippen molar-refractivity contribution in [2.75, 3.05) is 33.0 Å². The standard InChI is InChI=1S/C23H34N2O.2C2H6/c1-5-8-10-11-20(4)13-15-24-16-14-23-21(17-24)18-26-19-25(23)22(7-3)12-9-6-2;2*1-2/h5-12,21,23H,1-2,13-19H2,3-4H3;2*1-2H3/b10-8-,12-9-,20-11+,22-7+;;. The molecule has 0 spiro atoms. The van der Waals surface area contributed by atoms with E-state index >= 15 is 0 Å². The summed E-state index contributed by atoms with van der Waals surface area (Å²) in [5.74, 6) is 0.578.